The summed E-state index contributed by atoms with van der Waals surface area (Å²) in [5.74, 6) is -0.278. The fourth-order valence-electron chi connectivity index (χ4n) is 1.43. The molecule has 0 unspecified atom stereocenters. The molecule has 0 fully saturated rings. The highest BCUT2D eigenvalue weighted by molar-refractivity contribution is 7.99. The molecule has 0 spiro atoms. The predicted molar refractivity (Wildman–Crippen MR) is 64.1 cm³/mol. The normalized spacial score (nSPS) is 12.7. The standard InChI is InChI=1S/C11H13FN4S/c1-7(13)9-5-8(12)3-4-10(9)17-11-15-14-6-16(11)2/h3-7H,13H2,1-2H3/t7-/m0/s1. The lowest BCUT2D eigenvalue weighted by molar-refractivity contribution is 0.619. The summed E-state index contributed by atoms with van der Waals surface area (Å²) in [4.78, 5) is 0.900. The van der Waals surface area contributed by atoms with Crippen LogP contribution in [-0.4, -0.2) is 14.8 Å². The molecule has 0 amide bonds. The first-order valence-electron chi connectivity index (χ1n) is 5.15. The van der Waals surface area contributed by atoms with Gasteiger partial charge in [0.1, 0.15) is 12.1 Å². The largest absolute Gasteiger partial charge is 0.324 e. The van der Waals surface area contributed by atoms with Crippen molar-refractivity contribution in [1.82, 2.24) is 14.8 Å². The van der Waals surface area contributed by atoms with E-state index in [-0.39, 0.29) is 11.9 Å². The Hall–Kier alpha value is -1.40. The molecule has 2 aromatic rings. The Morgan fingerprint density at radius 1 is 1.47 bits per heavy atom. The molecule has 90 valence electrons. The van der Waals surface area contributed by atoms with Gasteiger partial charge in [-0.2, -0.15) is 0 Å². The summed E-state index contributed by atoms with van der Waals surface area (Å²) in [6, 6.07) is 4.38. The molecule has 1 atom stereocenters. The van der Waals surface area contributed by atoms with Crippen LogP contribution >= 0.6 is 11.8 Å². The van der Waals surface area contributed by atoms with Gasteiger partial charge in [0.25, 0.3) is 0 Å². The highest BCUT2D eigenvalue weighted by atomic mass is 32.2. The van der Waals surface area contributed by atoms with Crippen molar-refractivity contribution in [2.45, 2.75) is 23.0 Å². The maximum absolute atomic E-state index is 13.2. The maximum atomic E-state index is 13.2. The Balaban J connectivity index is 2.36. The zero-order chi connectivity index (χ0) is 12.4. The van der Waals surface area contributed by atoms with Gasteiger partial charge in [-0.1, -0.05) is 0 Å². The molecule has 2 N–H and O–H groups in total. The van der Waals surface area contributed by atoms with E-state index in [4.69, 9.17) is 5.73 Å². The third kappa shape index (κ3) is 2.65. The molecule has 1 aromatic heterocycles. The Labute approximate surface area is 103 Å². The monoisotopic (exact) mass is 252 g/mol. The van der Waals surface area contributed by atoms with Crippen molar-refractivity contribution in [3.8, 4) is 0 Å². The summed E-state index contributed by atoms with van der Waals surface area (Å²) in [5, 5.41) is 8.52. The Bertz CT molecular complexity index is 524. The van der Waals surface area contributed by atoms with Gasteiger partial charge in [0.05, 0.1) is 0 Å². The highest BCUT2D eigenvalue weighted by Crippen LogP contribution is 2.31. The summed E-state index contributed by atoms with van der Waals surface area (Å²) in [5.41, 5.74) is 6.60. The van der Waals surface area contributed by atoms with E-state index in [1.54, 1.807) is 17.0 Å². The lowest BCUT2D eigenvalue weighted by Gasteiger charge is -2.11. The number of halogens is 1. The second-order valence-electron chi connectivity index (χ2n) is 3.80. The van der Waals surface area contributed by atoms with Gasteiger partial charge in [-0.3, -0.25) is 0 Å². The molecular formula is C11H13FN4S. The lowest BCUT2D eigenvalue weighted by atomic mass is 10.1. The van der Waals surface area contributed by atoms with Gasteiger partial charge in [-0.25, -0.2) is 4.39 Å². The molecule has 0 aliphatic carbocycles. The van der Waals surface area contributed by atoms with Crippen LogP contribution in [0, 0.1) is 5.82 Å². The summed E-state index contributed by atoms with van der Waals surface area (Å²) in [6.07, 6.45) is 1.62. The van der Waals surface area contributed by atoms with E-state index in [0.29, 0.717) is 0 Å². The average molecular weight is 252 g/mol. The number of benzene rings is 1. The Morgan fingerprint density at radius 2 is 2.24 bits per heavy atom. The number of rotatable bonds is 3. The Morgan fingerprint density at radius 3 is 2.82 bits per heavy atom. The second kappa shape index (κ2) is 4.85. The van der Waals surface area contributed by atoms with E-state index in [9.17, 15) is 4.39 Å². The Kier molecular flexibility index (Phi) is 3.44. The third-order valence-corrected chi connectivity index (χ3v) is 3.48. The van der Waals surface area contributed by atoms with Crippen LogP contribution in [0.25, 0.3) is 0 Å². The van der Waals surface area contributed by atoms with E-state index in [1.807, 2.05) is 14.0 Å². The van der Waals surface area contributed by atoms with Crippen molar-refractivity contribution in [2.75, 3.05) is 0 Å². The first-order valence-corrected chi connectivity index (χ1v) is 5.96. The molecule has 0 aliphatic heterocycles. The quantitative estimate of drug-likeness (QED) is 0.909. The number of hydrogen-bond acceptors (Lipinski definition) is 4. The minimum absolute atomic E-state index is 0.221. The fourth-order valence-corrected chi connectivity index (χ4v) is 2.41. The van der Waals surface area contributed by atoms with Crippen molar-refractivity contribution < 1.29 is 4.39 Å². The van der Waals surface area contributed by atoms with E-state index < -0.39 is 0 Å². The summed E-state index contributed by atoms with van der Waals surface area (Å²) < 4.78 is 15.0. The van der Waals surface area contributed by atoms with Gasteiger partial charge in [0.2, 0.25) is 0 Å². The molecule has 2 rings (SSSR count). The van der Waals surface area contributed by atoms with Crippen molar-refractivity contribution in [3.05, 3.63) is 35.9 Å². The number of hydrogen-bond donors (Lipinski definition) is 1. The second-order valence-corrected chi connectivity index (χ2v) is 4.81. The van der Waals surface area contributed by atoms with Crippen LogP contribution in [0.1, 0.15) is 18.5 Å². The summed E-state index contributed by atoms with van der Waals surface area (Å²) >= 11 is 1.43. The van der Waals surface area contributed by atoms with Gasteiger partial charge >= 0.3 is 0 Å². The minimum Gasteiger partial charge on any atom is -0.324 e. The van der Waals surface area contributed by atoms with Crippen LogP contribution in [0.15, 0.2) is 34.6 Å². The summed E-state index contributed by atoms with van der Waals surface area (Å²) in [6.45, 7) is 1.83. The molecule has 0 saturated heterocycles. The van der Waals surface area contributed by atoms with Crippen molar-refractivity contribution >= 4 is 11.8 Å². The molecule has 1 aromatic carbocycles. The van der Waals surface area contributed by atoms with Crippen molar-refractivity contribution in [2.24, 2.45) is 12.8 Å². The topological polar surface area (TPSA) is 56.7 Å². The first-order chi connectivity index (χ1) is 8.08. The van der Waals surface area contributed by atoms with Crippen LogP contribution in [0.2, 0.25) is 0 Å². The predicted octanol–water partition coefficient (Wildman–Crippen LogP) is 2.13. The number of aromatic nitrogens is 3. The van der Waals surface area contributed by atoms with E-state index >= 15 is 0 Å². The van der Waals surface area contributed by atoms with Gasteiger partial charge in [0.15, 0.2) is 5.16 Å². The molecule has 0 bridgehead atoms. The zero-order valence-electron chi connectivity index (χ0n) is 9.59. The van der Waals surface area contributed by atoms with E-state index in [2.05, 4.69) is 10.2 Å². The maximum Gasteiger partial charge on any atom is 0.195 e. The molecule has 6 heteroatoms. The molecule has 0 radical (unpaired) electrons. The average Bonchev–Trinajstić information content (AvgIpc) is 2.67. The van der Waals surface area contributed by atoms with E-state index in [0.717, 1.165) is 15.6 Å². The molecule has 4 nitrogen and oxygen atoms in total. The van der Waals surface area contributed by atoms with Crippen molar-refractivity contribution in [1.29, 1.82) is 0 Å². The number of aryl methyl sites for hydroxylation is 1. The highest BCUT2D eigenvalue weighted by Gasteiger charge is 2.12. The fraction of sp³-hybridized carbons (Fsp3) is 0.273. The van der Waals surface area contributed by atoms with Crippen molar-refractivity contribution in [3.63, 3.8) is 0 Å². The van der Waals surface area contributed by atoms with Crippen LogP contribution < -0.4 is 5.73 Å². The van der Waals surface area contributed by atoms with Gasteiger partial charge in [-0.15, -0.1) is 10.2 Å². The molecule has 0 aliphatic rings. The molecule has 1 heterocycles. The zero-order valence-corrected chi connectivity index (χ0v) is 10.4. The molecular weight excluding hydrogens is 239 g/mol. The smallest absolute Gasteiger partial charge is 0.195 e. The van der Waals surface area contributed by atoms with Gasteiger partial charge in [-0.05, 0) is 42.4 Å². The van der Waals surface area contributed by atoms with Gasteiger partial charge in [0, 0.05) is 18.0 Å². The first kappa shape index (κ1) is 12.1. The number of nitrogens with two attached hydrogens (primary N) is 1. The SMILES string of the molecule is C[C@H](N)c1cc(F)ccc1Sc1nncn1C. The summed E-state index contributed by atoms with van der Waals surface area (Å²) in [7, 11) is 1.86. The van der Waals surface area contributed by atoms with Crippen LogP contribution in [0.4, 0.5) is 4.39 Å². The third-order valence-electron chi connectivity index (χ3n) is 2.33. The van der Waals surface area contributed by atoms with Crippen LogP contribution in [0.5, 0.6) is 0 Å². The number of nitrogens with zero attached hydrogens (tertiary/aromatic N) is 3. The molecule has 0 saturated carbocycles. The van der Waals surface area contributed by atoms with Gasteiger partial charge < -0.3 is 10.3 Å². The van der Waals surface area contributed by atoms with Crippen LogP contribution in [-0.2, 0) is 7.05 Å². The van der Waals surface area contributed by atoms with Crippen LogP contribution in [0.3, 0.4) is 0 Å². The van der Waals surface area contributed by atoms with E-state index in [1.165, 1.54) is 23.9 Å². The minimum atomic E-state index is -0.278. The lowest BCUT2D eigenvalue weighted by Crippen LogP contribution is -2.07. The molecule has 17 heavy (non-hydrogen) atoms.